The van der Waals surface area contributed by atoms with E-state index in [0.717, 1.165) is 21.9 Å². The van der Waals surface area contributed by atoms with Crippen LogP contribution in [0.5, 0.6) is 0 Å². The molecule has 7 aromatic carbocycles. The van der Waals surface area contributed by atoms with Crippen molar-refractivity contribution in [3.8, 4) is 44.5 Å². The van der Waals surface area contributed by atoms with Crippen LogP contribution in [-0.4, -0.2) is 0 Å². The molecule has 218 valence electrons. The first-order valence-electron chi connectivity index (χ1n) is 15.7. The average molecular weight is 589 g/mol. The highest BCUT2D eigenvalue weighted by Gasteiger charge is 2.21. The van der Waals surface area contributed by atoms with E-state index < -0.39 is 0 Å². The van der Waals surface area contributed by atoms with Crippen molar-refractivity contribution in [2.75, 3.05) is 0 Å². The predicted octanol–water partition coefficient (Wildman–Crippen LogP) is 12.9. The van der Waals surface area contributed by atoms with Gasteiger partial charge in [-0.25, -0.2) is 0 Å². The Hall–Kier alpha value is -5.92. The lowest BCUT2D eigenvalue weighted by molar-refractivity contribution is 0.669. The van der Waals surface area contributed by atoms with Gasteiger partial charge in [0.15, 0.2) is 0 Å². The zero-order valence-electron chi connectivity index (χ0n) is 25.7. The first-order chi connectivity index (χ1) is 22.7. The van der Waals surface area contributed by atoms with Crippen LogP contribution in [-0.2, 0) is 0 Å². The van der Waals surface area contributed by atoms with Crippen LogP contribution in [0.1, 0.15) is 11.1 Å². The summed E-state index contributed by atoms with van der Waals surface area (Å²) in [5.74, 6) is 0. The van der Waals surface area contributed by atoms with Gasteiger partial charge in [-0.1, -0.05) is 152 Å². The van der Waals surface area contributed by atoms with E-state index in [0.29, 0.717) is 0 Å². The maximum absolute atomic E-state index is 6.50. The number of fused-ring (bicyclic) bond motifs is 4. The Kier molecular flexibility index (Phi) is 6.93. The fourth-order valence-electron chi connectivity index (χ4n) is 6.92. The lowest BCUT2D eigenvalue weighted by Gasteiger charge is -2.20. The second-order valence-electron chi connectivity index (χ2n) is 11.7. The van der Waals surface area contributed by atoms with Crippen molar-refractivity contribution < 1.29 is 4.42 Å². The number of hydrogen-bond acceptors (Lipinski definition) is 1. The van der Waals surface area contributed by atoms with Crippen molar-refractivity contribution in [2.45, 2.75) is 6.92 Å². The van der Waals surface area contributed by atoms with Crippen molar-refractivity contribution in [3.63, 3.8) is 0 Å². The Morgan fingerprint density at radius 2 is 1.09 bits per heavy atom. The molecule has 1 heteroatoms. The summed E-state index contributed by atoms with van der Waals surface area (Å²) in [4.78, 5) is 0. The van der Waals surface area contributed by atoms with E-state index in [9.17, 15) is 0 Å². The van der Waals surface area contributed by atoms with Crippen LogP contribution in [0.2, 0.25) is 0 Å². The SMILES string of the molecule is C=C/C=C\c1c(C)c(-c2cccc3oc4ccc(-c5ccc(-c6ccccc6)cc5)cc4c23)c2ccccc2c1-c1ccccc1. The largest absolute Gasteiger partial charge is 0.456 e. The molecule has 0 fully saturated rings. The Labute approximate surface area is 269 Å². The summed E-state index contributed by atoms with van der Waals surface area (Å²) in [6.45, 7) is 6.22. The van der Waals surface area contributed by atoms with Gasteiger partial charge in [0.25, 0.3) is 0 Å². The zero-order chi connectivity index (χ0) is 31.0. The van der Waals surface area contributed by atoms with E-state index >= 15 is 0 Å². The molecule has 0 saturated heterocycles. The zero-order valence-corrected chi connectivity index (χ0v) is 25.7. The van der Waals surface area contributed by atoms with Crippen molar-refractivity contribution in [1.82, 2.24) is 0 Å². The molecule has 0 N–H and O–H groups in total. The smallest absolute Gasteiger partial charge is 0.136 e. The van der Waals surface area contributed by atoms with E-state index in [1.807, 2.05) is 12.2 Å². The minimum atomic E-state index is 0.891. The Balaban J connectivity index is 1.37. The second-order valence-corrected chi connectivity index (χ2v) is 11.7. The van der Waals surface area contributed by atoms with Gasteiger partial charge in [-0.05, 0) is 91.5 Å². The Morgan fingerprint density at radius 1 is 0.500 bits per heavy atom. The van der Waals surface area contributed by atoms with Gasteiger partial charge >= 0.3 is 0 Å². The molecule has 0 atom stereocenters. The van der Waals surface area contributed by atoms with E-state index in [1.54, 1.807) is 0 Å². The normalized spacial score (nSPS) is 11.6. The number of benzene rings is 7. The summed E-state index contributed by atoms with van der Waals surface area (Å²) in [5, 5.41) is 4.71. The maximum atomic E-state index is 6.50. The lowest BCUT2D eigenvalue weighted by Crippen LogP contribution is -1.96. The van der Waals surface area contributed by atoms with Crippen LogP contribution in [0.4, 0.5) is 0 Å². The highest BCUT2D eigenvalue weighted by atomic mass is 16.3. The molecule has 0 unspecified atom stereocenters. The molecule has 0 spiro atoms. The van der Waals surface area contributed by atoms with Gasteiger partial charge in [0.05, 0.1) is 0 Å². The summed E-state index contributed by atoms with van der Waals surface area (Å²) in [6, 6.07) is 51.8. The van der Waals surface area contributed by atoms with Gasteiger partial charge in [-0.3, -0.25) is 0 Å². The third kappa shape index (κ3) is 4.65. The molecule has 1 nitrogen and oxygen atoms in total. The molecule has 8 aromatic rings. The van der Waals surface area contributed by atoms with Crippen LogP contribution in [0.3, 0.4) is 0 Å². The molecular weight excluding hydrogens is 556 g/mol. The molecule has 0 aliphatic carbocycles. The van der Waals surface area contributed by atoms with Gasteiger partial charge in [-0.15, -0.1) is 0 Å². The van der Waals surface area contributed by atoms with Gasteiger partial charge in [0, 0.05) is 10.8 Å². The third-order valence-electron chi connectivity index (χ3n) is 9.07. The van der Waals surface area contributed by atoms with Gasteiger partial charge in [-0.2, -0.15) is 0 Å². The molecule has 0 aliphatic heterocycles. The molecule has 1 aromatic heterocycles. The molecule has 0 saturated carbocycles. The molecule has 1 heterocycles. The van der Waals surface area contributed by atoms with Crippen molar-refractivity contribution in [2.24, 2.45) is 0 Å². The molecule has 0 aliphatic rings. The second kappa shape index (κ2) is 11.5. The fourth-order valence-corrected chi connectivity index (χ4v) is 6.92. The van der Waals surface area contributed by atoms with Crippen LogP contribution < -0.4 is 0 Å². The fraction of sp³-hybridized carbons (Fsp3) is 0.0222. The Bertz CT molecular complexity index is 2410. The standard InChI is InChI=1S/C45H32O/c1-3-4-18-36-30(2)43(37-19-11-12-20-38(37)44(36)34-16-9-6-10-17-34)39-21-13-22-42-45(39)40-29-35(27-28-41(40)46-42)33-25-23-32(24-26-33)31-14-7-5-8-15-31/h3-29H,1H2,2H3/b18-4-. The number of hydrogen-bond donors (Lipinski definition) is 0. The molecule has 0 radical (unpaired) electrons. The van der Waals surface area contributed by atoms with Gasteiger partial charge in [0.1, 0.15) is 11.2 Å². The molecule has 46 heavy (non-hydrogen) atoms. The van der Waals surface area contributed by atoms with Crippen LogP contribution >= 0.6 is 0 Å². The van der Waals surface area contributed by atoms with Crippen molar-refractivity contribution in [1.29, 1.82) is 0 Å². The van der Waals surface area contributed by atoms with E-state index in [-0.39, 0.29) is 0 Å². The van der Waals surface area contributed by atoms with Crippen molar-refractivity contribution >= 4 is 38.8 Å². The summed E-state index contributed by atoms with van der Waals surface area (Å²) in [5.41, 5.74) is 13.8. The highest BCUT2D eigenvalue weighted by molar-refractivity contribution is 6.18. The number of allylic oxidation sites excluding steroid dienone is 2. The predicted molar refractivity (Wildman–Crippen MR) is 197 cm³/mol. The maximum Gasteiger partial charge on any atom is 0.136 e. The first-order valence-corrected chi connectivity index (χ1v) is 15.7. The van der Waals surface area contributed by atoms with Crippen LogP contribution in [0.25, 0.3) is 83.3 Å². The average Bonchev–Trinajstić information content (AvgIpc) is 3.50. The molecule has 0 bridgehead atoms. The molecular formula is C45H32O. The quantitative estimate of drug-likeness (QED) is 0.176. The van der Waals surface area contributed by atoms with Crippen molar-refractivity contribution in [3.05, 3.63) is 175 Å². The minimum Gasteiger partial charge on any atom is -0.456 e. The van der Waals surface area contributed by atoms with E-state index in [4.69, 9.17) is 4.42 Å². The molecule has 8 rings (SSSR count). The monoisotopic (exact) mass is 588 g/mol. The van der Waals surface area contributed by atoms with Crippen LogP contribution in [0, 0.1) is 6.92 Å². The topological polar surface area (TPSA) is 13.1 Å². The van der Waals surface area contributed by atoms with Crippen LogP contribution in [0.15, 0.2) is 169 Å². The summed E-state index contributed by atoms with van der Waals surface area (Å²) in [6.07, 6.45) is 6.09. The summed E-state index contributed by atoms with van der Waals surface area (Å²) in [7, 11) is 0. The van der Waals surface area contributed by atoms with E-state index in [2.05, 4.69) is 165 Å². The third-order valence-corrected chi connectivity index (χ3v) is 9.07. The highest BCUT2D eigenvalue weighted by Crippen LogP contribution is 2.46. The molecule has 0 amide bonds. The van der Waals surface area contributed by atoms with E-state index in [1.165, 1.54) is 66.4 Å². The van der Waals surface area contributed by atoms with Gasteiger partial charge in [0.2, 0.25) is 0 Å². The first kappa shape index (κ1) is 27.6. The number of rotatable bonds is 6. The summed E-state index contributed by atoms with van der Waals surface area (Å²) < 4.78 is 6.50. The van der Waals surface area contributed by atoms with Gasteiger partial charge < -0.3 is 4.42 Å². The Morgan fingerprint density at radius 3 is 1.78 bits per heavy atom. The minimum absolute atomic E-state index is 0.891. The summed E-state index contributed by atoms with van der Waals surface area (Å²) >= 11 is 0. The number of furan rings is 1. The lowest BCUT2D eigenvalue weighted by atomic mass is 9.83.